The highest BCUT2D eigenvalue weighted by molar-refractivity contribution is 7.15. The maximum atomic E-state index is 15.2. The van der Waals surface area contributed by atoms with Crippen molar-refractivity contribution in [1.29, 1.82) is 0 Å². The molecule has 0 spiro atoms. The minimum absolute atomic E-state index is 0.0114. The lowest BCUT2D eigenvalue weighted by Crippen LogP contribution is -2.59. The van der Waals surface area contributed by atoms with E-state index in [-0.39, 0.29) is 96.8 Å². The number of ether oxygens (including phenoxy) is 8. The van der Waals surface area contributed by atoms with E-state index in [0.29, 0.717) is 12.5 Å². The van der Waals surface area contributed by atoms with Gasteiger partial charge in [0.05, 0.1) is 36.5 Å². The number of cyclic esters (lactones) is 1. The van der Waals surface area contributed by atoms with Gasteiger partial charge in [-0.1, -0.05) is 50.3 Å². The second-order valence-electron chi connectivity index (χ2n) is 18.6. The molecular formula is C48H68N2O10S. The number of hydrogen-bond donors (Lipinski definition) is 0. The number of benzene rings is 1. The molecule has 13 heteroatoms. The first-order chi connectivity index (χ1) is 29.4. The normalized spacial score (nSPS) is 40.6. The number of carbonyl (C=O) groups excluding carboxylic acids is 2. The molecule has 3 aliphatic carbocycles. The predicted octanol–water partition coefficient (Wildman–Crippen LogP) is 7.69. The second-order valence-corrected chi connectivity index (χ2v) is 19.7. The van der Waals surface area contributed by atoms with Gasteiger partial charge in [0, 0.05) is 61.5 Å². The molecule has 1 saturated carbocycles. The number of carbonyl (C=O) groups is 2. The van der Waals surface area contributed by atoms with Gasteiger partial charge >= 0.3 is 5.97 Å². The fraction of sp³-hybridized carbons (Fsp3) is 0.729. The highest BCUT2D eigenvalue weighted by Gasteiger charge is 2.57. The van der Waals surface area contributed by atoms with E-state index >= 15 is 4.79 Å². The van der Waals surface area contributed by atoms with Crippen molar-refractivity contribution in [2.45, 2.75) is 165 Å². The van der Waals surface area contributed by atoms with Gasteiger partial charge in [0.1, 0.15) is 29.4 Å². The van der Waals surface area contributed by atoms with Crippen molar-refractivity contribution in [2.24, 2.45) is 23.7 Å². The molecule has 17 atom stereocenters. The minimum Gasteiger partial charge on any atom is -0.462 e. The highest BCUT2D eigenvalue weighted by atomic mass is 32.1. The summed E-state index contributed by atoms with van der Waals surface area (Å²) in [5.74, 6) is -0.878. The van der Waals surface area contributed by atoms with Crippen LogP contribution in [0.25, 0.3) is 10.6 Å². The van der Waals surface area contributed by atoms with Crippen LogP contribution < -0.4 is 0 Å². The SMILES string of the molecule is CC[C@H]1CCC[C@H](O[C@H]2CC[C@H](N(C)C)C(C)O2)[C@@H](C)C(=O)C2=C[C@H]3[C@@H]4C[C@H](O[C@@H]5OC(C)[C@H](OC)C(OC)C5OC)C[C@H]4c4sc(-c5ccccc5)nc4[C@H]3[C@@H]2CC(=O)O1. The smallest absolute Gasteiger partial charge is 0.306 e. The summed E-state index contributed by atoms with van der Waals surface area (Å²) in [5.41, 5.74) is 2.78. The lowest BCUT2D eigenvalue weighted by molar-refractivity contribution is -0.314. The van der Waals surface area contributed by atoms with E-state index in [0.717, 1.165) is 66.8 Å². The average Bonchev–Trinajstić information content (AvgIpc) is 3.98. The van der Waals surface area contributed by atoms with Gasteiger partial charge in [0.2, 0.25) is 0 Å². The standard InChI is InChI=1S/C48H68N2O10S/c1-10-29-17-14-18-37(60-39-20-19-36(50(5)6)26(3)56-39)25(2)42(52)34-23-32-31-21-30(59-48-45(55-9)44(54-8)43(53-7)27(4)57-48)22-35(31)46-41(40(32)33(34)24-38(51)58-29)49-47(61-46)28-15-12-11-13-16-28/h11-13,15-16,23,25-27,29-33,35-37,39-40,43-45,48H,10,14,17-22,24H2,1-9H3/t25-,26?,27?,29+,30+,31+,32+,33-,35-,36+,37+,39+,40-,43+,44?,45?,48+/m1/s1. The van der Waals surface area contributed by atoms with E-state index in [1.807, 2.05) is 32.0 Å². The van der Waals surface area contributed by atoms with Crippen LogP contribution in [0.3, 0.4) is 0 Å². The third-order valence-corrected chi connectivity index (χ3v) is 16.2. The average molecular weight is 865 g/mol. The molecule has 3 saturated heterocycles. The van der Waals surface area contributed by atoms with Gasteiger partial charge in [-0.2, -0.15) is 0 Å². The first-order valence-corrected chi connectivity index (χ1v) is 23.6. The number of esters is 1. The summed E-state index contributed by atoms with van der Waals surface area (Å²) in [7, 11) is 9.17. The number of hydrogen-bond acceptors (Lipinski definition) is 13. The second kappa shape index (κ2) is 19.3. The lowest BCUT2D eigenvalue weighted by atomic mass is 9.67. The molecule has 4 heterocycles. The van der Waals surface area contributed by atoms with E-state index in [4.69, 9.17) is 42.9 Å². The Morgan fingerprint density at radius 3 is 2.30 bits per heavy atom. The molecule has 0 amide bonds. The van der Waals surface area contributed by atoms with Crippen molar-refractivity contribution in [3.05, 3.63) is 52.6 Å². The van der Waals surface area contributed by atoms with Crippen LogP contribution in [0.2, 0.25) is 0 Å². The first kappa shape index (κ1) is 45.0. The molecule has 12 nitrogen and oxygen atoms in total. The van der Waals surface area contributed by atoms with Crippen LogP contribution in [0.5, 0.6) is 0 Å². The lowest BCUT2D eigenvalue weighted by Gasteiger charge is -2.44. The Morgan fingerprint density at radius 1 is 0.852 bits per heavy atom. The van der Waals surface area contributed by atoms with E-state index in [2.05, 4.69) is 51.1 Å². The molecule has 1 aromatic heterocycles. The number of ketones is 1. The molecular weight excluding hydrogens is 797 g/mol. The summed E-state index contributed by atoms with van der Waals surface area (Å²) in [6, 6.07) is 10.6. The zero-order chi connectivity index (χ0) is 43.1. The summed E-state index contributed by atoms with van der Waals surface area (Å²) in [4.78, 5) is 38.1. The van der Waals surface area contributed by atoms with E-state index in [1.165, 1.54) is 4.88 Å². The molecule has 61 heavy (non-hydrogen) atoms. The van der Waals surface area contributed by atoms with E-state index in [9.17, 15) is 4.79 Å². The highest BCUT2D eigenvalue weighted by Crippen LogP contribution is 2.63. The predicted molar refractivity (Wildman–Crippen MR) is 231 cm³/mol. The maximum Gasteiger partial charge on any atom is 0.306 e. The van der Waals surface area contributed by atoms with E-state index in [1.54, 1.807) is 32.7 Å². The van der Waals surface area contributed by atoms with Gasteiger partial charge in [0.25, 0.3) is 0 Å². The van der Waals surface area contributed by atoms with Gasteiger partial charge in [-0.05, 0) is 96.7 Å². The summed E-state index contributed by atoms with van der Waals surface area (Å²) in [6.07, 6.45) is 5.40. The Kier molecular flexibility index (Phi) is 14.2. The molecule has 0 N–H and O–H groups in total. The van der Waals surface area contributed by atoms with Crippen molar-refractivity contribution in [3.63, 3.8) is 0 Å². The molecule has 1 aromatic carbocycles. The Labute approximate surface area is 366 Å². The topological polar surface area (TPSA) is 124 Å². The van der Waals surface area contributed by atoms with Crippen molar-refractivity contribution >= 4 is 23.1 Å². The van der Waals surface area contributed by atoms with Crippen LogP contribution >= 0.6 is 11.3 Å². The van der Waals surface area contributed by atoms with Crippen LogP contribution in [0, 0.1) is 23.7 Å². The molecule has 2 aromatic rings. The number of methoxy groups -OCH3 is 3. The first-order valence-electron chi connectivity index (χ1n) is 22.8. The van der Waals surface area contributed by atoms with Gasteiger partial charge in [-0.25, -0.2) is 4.98 Å². The summed E-state index contributed by atoms with van der Waals surface area (Å²) < 4.78 is 50.6. The summed E-state index contributed by atoms with van der Waals surface area (Å²) in [5, 5.41) is 0.952. The number of fused-ring (bicyclic) bond motifs is 8. The van der Waals surface area contributed by atoms with Crippen molar-refractivity contribution < 1.29 is 47.5 Å². The molecule has 4 unspecified atom stereocenters. The number of rotatable bonds is 10. The van der Waals surface area contributed by atoms with Crippen molar-refractivity contribution in [1.82, 2.24) is 9.88 Å². The fourth-order valence-corrected chi connectivity index (χ4v) is 13.1. The Hall–Kier alpha value is -2.59. The van der Waals surface area contributed by atoms with Gasteiger partial charge in [-0.15, -0.1) is 11.3 Å². The summed E-state index contributed by atoms with van der Waals surface area (Å²) >= 11 is 1.74. The number of thiazole rings is 1. The molecule has 8 rings (SSSR count). The van der Waals surface area contributed by atoms with Crippen molar-refractivity contribution in [2.75, 3.05) is 35.4 Å². The monoisotopic (exact) mass is 864 g/mol. The van der Waals surface area contributed by atoms with Crippen LogP contribution in [-0.4, -0.2) is 125 Å². The number of aromatic nitrogens is 1. The zero-order valence-electron chi connectivity index (χ0n) is 37.5. The molecule has 0 bridgehead atoms. The van der Waals surface area contributed by atoms with Gasteiger partial charge in [0.15, 0.2) is 18.4 Å². The van der Waals surface area contributed by atoms with Crippen LogP contribution in [0.15, 0.2) is 42.0 Å². The largest absolute Gasteiger partial charge is 0.462 e. The Balaban J connectivity index is 1.13. The molecule has 6 aliphatic rings. The molecule has 0 radical (unpaired) electrons. The van der Waals surface area contributed by atoms with Gasteiger partial charge in [-0.3, -0.25) is 9.59 Å². The van der Waals surface area contributed by atoms with Crippen LogP contribution in [-0.2, 0) is 47.5 Å². The number of Topliss-reactive ketones (excluding diaryl/α,β-unsaturated/α-hetero) is 1. The number of allylic oxidation sites excluding steroid dienone is 2. The Morgan fingerprint density at radius 2 is 1.61 bits per heavy atom. The Bertz CT molecular complexity index is 1860. The summed E-state index contributed by atoms with van der Waals surface area (Å²) in [6.45, 7) is 8.18. The molecule has 3 aliphatic heterocycles. The van der Waals surface area contributed by atoms with Gasteiger partial charge < -0.3 is 42.8 Å². The number of nitrogens with zero attached hydrogens (tertiary/aromatic N) is 2. The third kappa shape index (κ3) is 8.94. The third-order valence-electron chi connectivity index (χ3n) is 14.9. The maximum absolute atomic E-state index is 15.2. The zero-order valence-corrected chi connectivity index (χ0v) is 38.3. The minimum atomic E-state index is -0.652. The van der Waals surface area contributed by atoms with E-state index < -0.39 is 18.3 Å². The number of likely N-dealkylation sites (N-methyl/N-ethyl adjacent to an activating group) is 1. The van der Waals surface area contributed by atoms with Crippen LogP contribution in [0.1, 0.15) is 108 Å². The molecule has 4 fully saturated rings. The fourth-order valence-electron chi connectivity index (χ4n) is 11.8. The molecule has 336 valence electrons. The van der Waals surface area contributed by atoms with Crippen molar-refractivity contribution in [3.8, 4) is 10.6 Å². The van der Waals surface area contributed by atoms with Crippen LogP contribution in [0.4, 0.5) is 0 Å². The quantitative estimate of drug-likeness (QED) is 0.218.